The van der Waals surface area contributed by atoms with Crippen molar-refractivity contribution in [1.82, 2.24) is 0 Å². The van der Waals surface area contributed by atoms with Crippen LogP contribution in [0.5, 0.6) is 0 Å². The van der Waals surface area contributed by atoms with Crippen LogP contribution >= 0.6 is 0 Å². The minimum atomic E-state index is -1.24. The summed E-state index contributed by atoms with van der Waals surface area (Å²) in [5.41, 5.74) is 1.64. The van der Waals surface area contributed by atoms with Crippen molar-refractivity contribution in [1.29, 1.82) is 0 Å². The zero-order chi connectivity index (χ0) is 19.0. The van der Waals surface area contributed by atoms with Crippen molar-refractivity contribution in [2.45, 2.75) is 0 Å². The van der Waals surface area contributed by atoms with Gasteiger partial charge in [0.25, 0.3) is 0 Å². The van der Waals surface area contributed by atoms with Crippen molar-refractivity contribution in [2.75, 3.05) is 0 Å². The van der Waals surface area contributed by atoms with Crippen LogP contribution < -0.4 is 113 Å². The first-order valence-corrected chi connectivity index (χ1v) is 8.19. The van der Waals surface area contributed by atoms with Gasteiger partial charge in [-0.15, -0.1) is 0 Å². The Labute approximate surface area is 252 Å². The minimum Gasteiger partial charge on any atom is -0.545 e. The molecular formula is C22H12K2O5. The van der Waals surface area contributed by atoms with Crippen molar-refractivity contribution in [3.63, 3.8) is 0 Å². The summed E-state index contributed by atoms with van der Waals surface area (Å²) in [5, 5.41) is 23.6. The van der Waals surface area contributed by atoms with Crippen LogP contribution in [0.1, 0.15) is 20.7 Å². The predicted octanol–water partition coefficient (Wildman–Crippen LogP) is -3.50. The molecule has 0 aliphatic heterocycles. The number of benzene rings is 3. The number of hydrogen-bond donors (Lipinski definition) is 0. The molecule has 0 amide bonds. The molecule has 0 aliphatic carbocycles. The van der Waals surface area contributed by atoms with E-state index in [4.69, 9.17) is 4.42 Å². The molecule has 0 radical (unpaired) electrons. The maximum absolute atomic E-state index is 10.9. The fourth-order valence-corrected chi connectivity index (χ4v) is 3.04. The maximum atomic E-state index is 10.9. The number of carbonyl (C=O) groups excluding carboxylic acids is 2. The molecular weight excluding hydrogens is 422 g/mol. The minimum absolute atomic E-state index is 0. The van der Waals surface area contributed by atoms with Crippen LogP contribution in [-0.4, -0.2) is 11.9 Å². The first kappa shape index (κ1) is 24.7. The molecule has 0 atom stereocenters. The summed E-state index contributed by atoms with van der Waals surface area (Å²) < 4.78 is 6.11. The fourth-order valence-electron chi connectivity index (χ4n) is 3.04. The number of furan rings is 1. The average Bonchev–Trinajstić information content (AvgIpc) is 3.08. The van der Waals surface area contributed by atoms with Gasteiger partial charge in [0.05, 0.1) is 11.9 Å². The van der Waals surface area contributed by atoms with Gasteiger partial charge in [0.2, 0.25) is 0 Å². The second-order valence-electron chi connectivity index (χ2n) is 6.04. The Morgan fingerprint density at radius 1 is 0.586 bits per heavy atom. The molecule has 0 unspecified atom stereocenters. The molecule has 3 aromatic carbocycles. The van der Waals surface area contributed by atoms with Gasteiger partial charge < -0.3 is 24.2 Å². The molecule has 7 heteroatoms. The molecule has 0 N–H and O–H groups in total. The number of rotatable bonds is 4. The Morgan fingerprint density at radius 3 is 1.24 bits per heavy atom. The summed E-state index contributed by atoms with van der Waals surface area (Å²) in [5.74, 6) is -1.26. The number of aromatic carboxylic acids is 2. The molecule has 0 spiro atoms. The standard InChI is InChI=1S/C22H14O5.2K/c23-21(24)15-9-5-13(6-10-15)19-17-3-1-2-4-18(17)20(27-19)14-7-11-16(12-8-14)22(25)26;;/h1-12H,(H,23,24)(H,25,26);;/q;2*+1/p-2. The quantitative estimate of drug-likeness (QED) is 0.311. The van der Waals surface area contributed by atoms with Crippen molar-refractivity contribution in [2.24, 2.45) is 0 Å². The topological polar surface area (TPSA) is 93.4 Å². The number of hydrogen-bond acceptors (Lipinski definition) is 5. The van der Waals surface area contributed by atoms with Crippen LogP contribution in [0.4, 0.5) is 0 Å². The number of carboxylic acid groups (broad SMARTS) is 2. The van der Waals surface area contributed by atoms with Crippen molar-refractivity contribution in [3.05, 3.63) is 83.9 Å². The molecule has 0 bridgehead atoms. The molecule has 132 valence electrons. The Balaban J connectivity index is 0.00000150. The van der Waals surface area contributed by atoms with Gasteiger partial charge in [0, 0.05) is 21.9 Å². The fraction of sp³-hybridized carbons (Fsp3) is 0. The summed E-state index contributed by atoms with van der Waals surface area (Å²) >= 11 is 0. The van der Waals surface area contributed by atoms with E-state index < -0.39 is 11.9 Å². The van der Waals surface area contributed by atoms with Gasteiger partial charge in [0.15, 0.2) is 0 Å². The first-order valence-electron chi connectivity index (χ1n) is 8.19. The van der Waals surface area contributed by atoms with Crippen LogP contribution in [0.2, 0.25) is 0 Å². The summed E-state index contributed by atoms with van der Waals surface area (Å²) in [6.07, 6.45) is 0. The Hall–Kier alpha value is -0.587. The summed E-state index contributed by atoms with van der Waals surface area (Å²) in [4.78, 5) is 21.9. The Bertz CT molecular complexity index is 1070. The van der Waals surface area contributed by atoms with Gasteiger partial charge in [-0.3, -0.25) is 0 Å². The third kappa shape index (κ3) is 5.19. The van der Waals surface area contributed by atoms with Crippen molar-refractivity contribution < 1.29 is 127 Å². The summed E-state index contributed by atoms with van der Waals surface area (Å²) in [6.45, 7) is 0. The molecule has 0 aliphatic rings. The molecule has 1 aromatic heterocycles. The van der Waals surface area contributed by atoms with Crippen LogP contribution in [0.25, 0.3) is 33.4 Å². The Kier molecular flexibility index (Phi) is 9.05. The molecule has 0 saturated carbocycles. The zero-order valence-electron chi connectivity index (χ0n) is 16.0. The summed E-state index contributed by atoms with van der Waals surface area (Å²) in [7, 11) is 0. The molecule has 1 heterocycles. The van der Waals surface area contributed by atoms with Crippen molar-refractivity contribution in [3.8, 4) is 22.6 Å². The van der Waals surface area contributed by atoms with Crippen LogP contribution in [0.15, 0.2) is 77.2 Å². The second-order valence-corrected chi connectivity index (χ2v) is 6.04. The number of carbonyl (C=O) groups is 2. The third-order valence-electron chi connectivity index (χ3n) is 4.39. The van der Waals surface area contributed by atoms with E-state index in [1.165, 1.54) is 24.3 Å². The van der Waals surface area contributed by atoms with Crippen molar-refractivity contribution >= 4 is 22.7 Å². The van der Waals surface area contributed by atoms with E-state index in [0.717, 1.165) is 21.9 Å². The second kappa shape index (κ2) is 10.6. The largest absolute Gasteiger partial charge is 1.00 e. The molecule has 29 heavy (non-hydrogen) atoms. The Morgan fingerprint density at radius 2 is 0.931 bits per heavy atom. The van der Waals surface area contributed by atoms with Crippen LogP contribution in [-0.2, 0) is 0 Å². The number of fused-ring (bicyclic) bond motifs is 1. The maximum Gasteiger partial charge on any atom is 1.00 e. The molecule has 0 saturated heterocycles. The van der Waals surface area contributed by atoms with Gasteiger partial charge in [-0.05, 0) is 11.1 Å². The molecule has 5 nitrogen and oxygen atoms in total. The van der Waals surface area contributed by atoms with Gasteiger partial charge in [-0.2, -0.15) is 0 Å². The summed E-state index contributed by atoms with van der Waals surface area (Å²) in [6, 6.07) is 20.1. The number of carboxylic acids is 2. The monoisotopic (exact) mass is 434 g/mol. The van der Waals surface area contributed by atoms with E-state index in [1.54, 1.807) is 24.3 Å². The third-order valence-corrected chi connectivity index (χ3v) is 4.39. The van der Waals surface area contributed by atoms with E-state index in [2.05, 4.69) is 0 Å². The van der Waals surface area contributed by atoms with Gasteiger partial charge in [-0.1, -0.05) is 72.8 Å². The van der Waals surface area contributed by atoms with E-state index >= 15 is 0 Å². The first-order chi connectivity index (χ1) is 13.0. The van der Waals surface area contributed by atoms with E-state index in [-0.39, 0.29) is 114 Å². The van der Waals surface area contributed by atoms with Crippen LogP contribution in [0, 0.1) is 0 Å². The van der Waals surface area contributed by atoms with Gasteiger partial charge >= 0.3 is 103 Å². The zero-order valence-corrected chi connectivity index (χ0v) is 22.2. The smallest absolute Gasteiger partial charge is 0.545 e. The molecule has 0 fully saturated rings. The van der Waals surface area contributed by atoms with Gasteiger partial charge in [-0.25, -0.2) is 0 Å². The van der Waals surface area contributed by atoms with E-state index in [9.17, 15) is 19.8 Å². The average molecular weight is 435 g/mol. The van der Waals surface area contributed by atoms with Gasteiger partial charge in [0.1, 0.15) is 11.5 Å². The molecule has 4 aromatic rings. The van der Waals surface area contributed by atoms with Crippen LogP contribution in [0.3, 0.4) is 0 Å². The normalized spacial score (nSPS) is 10.1. The predicted molar refractivity (Wildman–Crippen MR) is 95.7 cm³/mol. The van der Waals surface area contributed by atoms with E-state index in [0.29, 0.717) is 11.5 Å². The SMILES string of the molecule is O=C([O-])c1ccc(-c2oc(-c3ccc(C(=O)[O-])cc3)c3ccccc23)cc1.[K+].[K+]. The molecule has 4 rings (SSSR count). The van der Waals surface area contributed by atoms with E-state index in [1.807, 2.05) is 24.3 Å².